The Morgan fingerprint density at radius 2 is 2.15 bits per heavy atom. The monoisotopic (exact) mass is 290 g/mol. The summed E-state index contributed by atoms with van der Waals surface area (Å²) < 4.78 is 1.00. The van der Waals surface area contributed by atoms with Crippen LogP contribution in [0.25, 0.3) is 0 Å². The Labute approximate surface area is 90.6 Å². The smallest absolute Gasteiger partial charge is 0.248 e. The number of hydrogen-bond acceptors (Lipinski definition) is 2. The van der Waals surface area contributed by atoms with Gasteiger partial charge in [0.1, 0.15) is 0 Å². The molecule has 3 nitrogen and oxygen atoms in total. The van der Waals surface area contributed by atoms with Crippen molar-refractivity contribution >= 4 is 34.2 Å². The van der Waals surface area contributed by atoms with Gasteiger partial charge in [-0.15, -0.1) is 0 Å². The van der Waals surface area contributed by atoms with Crippen molar-refractivity contribution in [1.82, 2.24) is 0 Å². The summed E-state index contributed by atoms with van der Waals surface area (Å²) in [6.07, 6.45) is 0.851. The number of amides is 1. The molecule has 4 heteroatoms. The van der Waals surface area contributed by atoms with Crippen molar-refractivity contribution in [2.24, 2.45) is 5.73 Å². The van der Waals surface area contributed by atoms with Crippen molar-refractivity contribution < 1.29 is 4.79 Å². The van der Waals surface area contributed by atoms with Crippen molar-refractivity contribution in [2.75, 3.05) is 5.73 Å². The van der Waals surface area contributed by atoms with E-state index in [1.807, 2.05) is 6.92 Å². The highest BCUT2D eigenvalue weighted by Crippen LogP contribution is 2.22. The van der Waals surface area contributed by atoms with Crippen LogP contribution in [0.4, 0.5) is 5.69 Å². The molecule has 0 aliphatic rings. The summed E-state index contributed by atoms with van der Waals surface area (Å²) in [4.78, 5) is 10.9. The zero-order chi connectivity index (χ0) is 10.0. The first-order valence-electron chi connectivity index (χ1n) is 3.94. The first-order chi connectivity index (χ1) is 6.06. The van der Waals surface area contributed by atoms with E-state index in [-0.39, 0.29) is 0 Å². The van der Waals surface area contributed by atoms with E-state index >= 15 is 0 Å². The lowest BCUT2D eigenvalue weighted by Crippen LogP contribution is -2.12. The van der Waals surface area contributed by atoms with E-state index < -0.39 is 5.91 Å². The van der Waals surface area contributed by atoms with Gasteiger partial charge in [-0.05, 0) is 46.7 Å². The van der Waals surface area contributed by atoms with Crippen LogP contribution in [-0.4, -0.2) is 5.91 Å². The van der Waals surface area contributed by atoms with Crippen molar-refractivity contribution in [3.63, 3.8) is 0 Å². The second-order valence-corrected chi connectivity index (χ2v) is 3.84. The van der Waals surface area contributed by atoms with Crippen molar-refractivity contribution in [3.8, 4) is 0 Å². The first kappa shape index (κ1) is 10.3. The van der Waals surface area contributed by atoms with E-state index in [9.17, 15) is 4.79 Å². The fourth-order valence-electron chi connectivity index (χ4n) is 1.11. The molecular formula is C9H11IN2O. The number of nitrogens with two attached hydrogens (primary N) is 2. The van der Waals surface area contributed by atoms with Crippen LogP contribution in [0.15, 0.2) is 12.1 Å². The normalized spacial score (nSPS) is 10.0. The fraction of sp³-hybridized carbons (Fsp3) is 0.222. The SMILES string of the molecule is CCc1cc(C(N)=O)cc(N)c1I. The van der Waals surface area contributed by atoms with Crippen molar-refractivity contribution in [3.05, 3.63) is 26.8 Å². The van der Waals surface area contributed by atoms with Gasteiger partial charge in [-0.25, -0.2) is 0 Å². The van der Waals surface area contributed by atoms with Gasteiger partial charge in [0.2, 0.25) is 5.91 Å². The van der Waals surface area contributed by atoms with Crippen molar-refractivity contribution in [2.45, 2.75) is 13.3 Å². The number of aryl methyl sites for hydroxylation is 1. The maximum atomic E-state index is 10.9. The molecule has 4 N–H and O–H groups in total. The second kappa shape index (κ2) is 3.95. The van der Waals surface area contributed by atoms with Gasteiger partial charge in [0, 0.05) is 14.8 Å². The largest absolute Gasteiger partial charge is 0.398 e. The summed E-state index contributed by atoms with van der Waals surface area (Å²) in [6, 6.07) is 3.41. The maximum Gasteiger partial charge on any atom is 0.248 e. The van der Waals surface area contributed by atoms with E-state index in [1.54, 1.807) is 12.1 Å². The lowest BCUT2D eigenvalue weighted by molar-refractivity contribution is 0.1000. The molecule has 0 atom stereocenters. The Bertz CT molecular complexity index is 350. The van der Waals surface area contributed by atoms with Gasteiger partial charge >= 0.3 is 0 Å². The minimum Gasteiger partial charge on any atom is -0.398 e. The van der Waals surface area contributed by atoms with Gasteiger partial charge in [0.25, 0.3) is 0 Å². The summed E-state index contributed by atoms with van der Waals surface area (Å²) in [6.45, 7) is 2.02. The Kier molecular flexibility index (Phi) is 3.13. The third-order valence-corrected chi connectivity index (χ3v) is 3.16. The highest BCUT2D eigenvalue weighted by atomic mass is 127. The zero-order valence-electron chi connectivity index (χ0n) is 7.30. The fourth-order valence-corrected chi connectivity index (χ4v) is 1.80. The predicted molar refractivity (Wildman–Crippen MR) is 61.5 cm³/mol. The minimum atomic E-state index is -0.433. The molecule has 0 heterocycles. The Balaban J connectivity index is 3.30. The minimum absolute atomic E-state index is 0.433. The molecule has 0 bridgehead atoms. The van der Waals surface area contributed by atoms with Gasteiger partial charge in [0.05, 0.1) is 0 Å². The third-order valence-electron chi connectivity index (χ3n) is 1.84. The molecule has 0 radical (unpaired) electrons. The van der Waals surface area contributed by atoms with Gasteiger partial charge in [0.15, 0.2) is 0 Å². The van der Waals surface area contributed by atoms with Gasteiger partial charge in [-0.1, -0.05) is 6.92 Å². The lowest BCUT2D eigenvalue weighted by atomic mass is 10.1. The van der Waals surface area contributed by atoms with Crippen LogP contribution in [0.1, 0.15) is 22.8 Å². The van der Waals surface area contributed by atoms with Crippen LogP contribution in [-0.2, 0) is 6.42 Å². The number of rotatable bonds is 2. The molecule has 1 amide bonds. The van der Waals surface area contributed by atoms with E-state index in [0.717, 1.165) is 15.6 Å². The molecule has 0 saturated carbocycles. The van der Waals surface area contributed by atoms with Crippen molar-refractivity contribution in [1.29, 1.82) is 0 Å². The molecule has 70 valence electrons. The Morgan fingerprint density at radius 3 is 2.62 bits per heavy atom. The molecule has 0 unspecified atom stereocenters. The number of anilines is 1. The predicted octanol–water partition coefficient (Wildman–Crippen LogP) is 1.53. The van der Waals surface area contributed by atoms with Crippen LogP contribution in [0, 0.1) is 3.57 Å². The average molecular weight is 290 g/mol. The van der Waals surface area contributed by atoms with E-state index in [4.69, 9.17) is 11.5 Å². The molecular weight excluding hydrogens is 279 g/mol. The van der Waals surface area contributed by atoms with Gasteiger partial charge < -0.3 is 11.5 Å². The Morgan fingerprint density at radius 1 is 1.54 bits per heavy atom. The molecule has 0 saturated heterocycles. The molecule has 1 rings (SSSR count). The van der Waals surface area contributed by atoms with Gasteiger partial charge in [-0.2, -0.15) is 0 Å². The third kappa shape index (κ3) is 2.12. The summed E-state index contributed by atoms with van der Waals surface area (Å²) in [5.41, 5.74) is 13.0. The van der Waals surface area contributed by atoms with Crippen LogP contribution >= 0.6 is 22.6 Å². The molecule has 0 spiro atoms. The number of halogens is 1. The summed E-state index contributed by atoms with van der Waals surface area (Å²) in [5, 5.41) is 0. The van der Waals surface area contributed by atoms with Gasteiger partial charge in [-0.3, -0.25) is 4.79 Å². The molecule has 1 aromatic carbocycles. The van der Waals surface area contributed by atoms with Crippen LogP contribution in [0.2, 0.25) is 0 Å². The topological polar surface area (TPSA) is 69.1 Å². The molecule has 13 heavy (non-hydrogen) atoms. The number of benzene rings is 1. The van der Waals surface area contributed by atoms with Crippen LogP contribution in [0.5, 0.6) is 0 Å². The average Bonchev–Trinajstić information content (AvgIpc) is 2.09. The van der Waals surface area contributed by atoms with Crippen LogP contribution in [0.3, 0.4) is 0 Å². The number of primary amides is 1. The number of carbonyl (C=O) groups excluding carboxylic acids is 1. The summed E-state index contributed by atoms with van der Waals surface area (Å²) in [7, 11) is 0. The summed E-state index contributed by atoms with van der Waals surface area (Å²) >= 11 is 2.17. The molecule has 1 aromatic rings. The molecule has 0 aliphatic heterocycles. The lowest BCUT2D eigenvalue weighted by Gasteiger charge is -2.06. The maximum absolute atomic E-state index is 10.9. The van der Waals surface area contributed by atoms with Crippen LogP contribution < -0.4 is 11.5 Å². The molecule has 0 fully saturated rings. The first-order valence-corrected chi connectivity index (χ1v) is 5.01. The molecule has 0 aromatic heterocycles. The quantitative estimate of drug-likeness (QED) is 0.640. The standard InChI is InChI=1S/C9H11IN2O/c1-2-5-3-6(9(12)13)4-7(11)8(5)10/h3-4H,2,11H2,1H3,(H2,12,13). The summed E-state index contributed by atoms with van der Waals surface area (Å²) in [5.74, 6) is -0.433. The Hall–Kier alpha value is -0.780. The molecule has 0 aliphatic carbocycles. The number of hydrogen-bond donors (Lipinski definition) is 2. The highest BCUT2D eigenvalue weighted by molar-refractivity contribution is 14.1. The number of carbonyl (C=O) groups is 1. The zero-order valence-corrected chi connectivity index (χ0v) is 9.46. The second-order valence-electron chi connectivity index (χ2n) is 2.76. The number of nitrogen functional groups attached to an aromatic ring is 1. The van der Waals surface area contributed by atoms with E-state index in [2.05, 4.69) is 22.6 Å². The highest BCUT2D eigenvalue weighted by Gasteiger charge is 2.07. The van der Waals surface area contributed by atoms with E-state index in [1.165, 1.54) is 0 Å². The van der Waals surface area contributed by atoms with E-state index in [0.29, 0.717) is 11.3 Å².